The van der Waals surface area contributed by atoms with E-state index >= 15 is 0 Å². The molecule has 0 N–H and O–H groups in total. The summed E-state index contributed by atoms with van der Waals surface area (Å²) in [5.41, 5.74) is 0. The Kier molecular flexibility index (Phi) is 25.0. The topological polar surface area (TPSA) is 137 Å². The molecule has 0 saturated heterocycles. The van der Waals surface area contributed by atoms with Crippen molar-refractivity contribution in [3.05, 3.63) is 0 Å². The van der Waals surface area contributed by atoms with Gasteiger partial charge in [0.2, 0.25) is 0 Å². The molecule has 0 spiro atoms. The number of rotatable bonds is 4. The molecule has 1 rings (SSSR count). The summed E-state index contributed by atoms with van der Waals surface area (Å²) in [6.45, 7) is 5.13. The monoisotopic (exact) mass is 402 g/mol. The number of carbonyl (C=O) groups excluding carboxylic acids is 4. The van der Waals surface area contributed by atoms with Crippen molar-refractivity contribution < 1.29 is 189 Å². The fraction of sp³-hybridized carbons (Fsp3) is 0.692. The zero-order valence-electron chi connectivity index (χ0n) is 14.6. The van der Waals surface area contributed by atoms with Gasteiger partial charge in [-0.05, 0) is 19.8 Å². The molecule has 0 aromatic carbocycles. The zero-order valence-corrected chi connectivity index (χ0v) is 24.0. The van der Waals surface area contributed by atoms with Gasteiger partial charge in [-0.15, -0.1) is 0 Å². The summed E-state index contributed by atoms with van der Waals surface area (Å²) in [5, 5.41) is 32.5. The molecule has 4 unspecified atom stereocenters. The number of carbonyl (C=O) groups is 4. The van der Waals surface area contributed by atoms with Crippen LogP contribution in [0.4, 0.5) is 0 Å². The first-order chi connectivity index (χ1) is 9.25. The maximum atomic E-state index is 11.3. The second kappa shape index (κ2) is 17.1. The van der Waals surface area contributed by atoms with E-state index in [-0.39, 0.29) is 161 Å². The van der Waals surface area contributed by atoms with Gasteiger partial charge >= 0.3 is 154 Å². The number of Topliss-reactive ketones (excluding diaryl/α,β-unsaturated/α-hetero) is 1. The van der Waals surface area contributed by atoms with Crippen LogP contribution < -0.4 is 169 Å². The largest absolute Gasteiger partial charge is 1.00 e. The van der Waals surface area contributed by atoms with Crippen LogP contribution in [0.15, 0.2) is 0 Å². The first kappa shape index (κ1) is 33.6. The second-order valence-electron chi connectivity index (χ2n) is 4.47. The molecule has 1 fully saturated rings. The van der Waals surface area contributed by atoms with E-state index in [9.17, 15) is 34.5 Å². The van der Waals surface area contributed by atoms with Gasteiger partial charge in [0.25, 0.3) is 0 Å². The van der Waals surface area contributed by atoms with Crippen molar-refractivity contribution >= 4 is 23.7 Å². The van der Waals surface area contributed by atoms with Gasteiger partial charge in [0.15, 0.2) is 0 Å². The average molecular weight is 403 g/mol. The van der Waals surface area contributed by atoms with Gasteiger partial charge in [-0.2, -0.15) is 0 Å². The molecule has 7 nitrogen and oxygen atoms in total. The standard InChI is InChI=1S/C11H14O7.C2H6.3K/c1-4(12)5-2-7(10(15)16)8(11(17)18)3-6(5)9(13)14;1-2;;;/h5-8H,2-3H2,1H3,(H,13,14)(H,15,16)(H,17,18);1-2H3;;;/q;;3*+1/p-3. The number of carboxylic acid groups (broad SMARTS) is 3. The van der Waals surface area contributed by atoms with Crippen LogP contribution in [0.1, 0.15) is 33.6 Å². The van der Waals surface area contributed by atoms with Gasteiger partial charge in [-0.1, -0.05) is 13.8 Å². The Labute approximate surface area is 263 Å². The maximum Gasteiger partial charge on any atom is 1.00 e. The van der Waals surface area contributed by atoms with E-state index in [2.05, 4.69) is 0 Å². The van der Waals surface area contributed by atoms with Crippen LogP contribution in [-0.2, 0) is 19.2 Å². The number of hydrogen-bond acceptors (Lipinski definition) is 7. The molecular weight excluding hydrogens is 385 g/mol. The predicted molar refractivity (Wildman–Crippen MR) is 60.2 cm³/mol. The Morgan fingerprint density at radius 1 is 0.652 bits per heavy atom. The zero-order chi connectivity index (χ0) is 16.0. The molecule has 0 bridgehead atoms. The van der Waals surface area contributed by atoms with E-state index < -0.39 is 53.8 Å². The first-order valence-corrected chi connectivity index (χ1v) is 6.38. The Bertz CT molecular complexity index is 340. The quantitative estimate of drug-likeness (QED) is 0.426. The van der Waals surface area contributed by atoms with Gasteiger partial charge in [0, 0.05) is 41.6 Å². The van der Waals surface area contributed by atoms with Gasteiger partial charge in [0.05, 0.1) is 0 Å². The average Bonchev–Trinajstić information content (AvgIpc) is 2.38. The van der Waals surface area contributed by atoms with Gasteiger partial charge in [-0.25, -0.2) is 0 Å². The molecule has 1 saturated carbocycles. The SMILES string of the molecule is CC.CC(=O)C1CC(C(=O)[O-])C(C(=O)[O-])CC1C(=O)[O-].[K+].[K+].[K+]. The molecular formula is C13H17K3O7. The predicted octanol–water partition coefficient (Wildman–Crippen LogP) is -11.9. The van der Waals surface area contributed by atoms with Crippen LogP contribution in [0.2, 0.25) is 0 Å². The normalized spacial score (nSPS) is 25.0. The van der Waals surface area contributed by atoms with Crippen molar-refractivity contribution in [2.24, 2.45) is 23.7 Å². The molecule has 0 aromatic heterocycles. The summed E-state index contributed by atoms with van der Waals surface area (Å²) in [4.78, 5) is 43.8. The number of carboxylic acids is 3. The third-order valence-electron chi connectivity index (χ3n) is 3.42. The van der Waals surface area contributed by atoms with Gasteiger partial charge < -0.3 is 29.7 Å². The Hall–Kier alpha value is 2.99. The minimum atomic E-state index is -1.66. The third-order valence-corrected chi connectivity index (χ3v) is 3.42. The minimum Gasteiger partial charge on any atom is -0.550 e. The van der Waals surface area contributed by atoms with Crippen molar-refractivity contribution in [1.29, 1.82) is 0 Å². The van der Waals surface area contributed by atoms with Crippen LogP contribution in [0.5, 0.6) is 0 Å². The van der Waals surface area contributed by atoms with E-state index in [1.54, 1.807) is 0 Å². The minimum absolute atomic E-state index is 0. The van der Waals surface area contributed by atoms with Crippen LogP contribution in [0, 0.1) is 23.7 Å². The van der Waals surface area contributed by atoms with Gasteiger partial charge in [0.1, 0.15) is 5.78 Å². The summed E-state index contributed by atoms with van der Waals surface area (Å²) in [6, 6.07) is 0. The van der Waals surface area contributed by atoms with Crippen molar-refractivity contribution in [2.45, 2.75) is 33.6 Å². The molecule has 0 amide bonds. The third kappa shape index (κ3) is 10.8. The van der Waals surface area contributed by atoms with Crippen molar-refractivity contribution in [3.63, 3.8) is 0 Å². The van der Waals surface area contributed by atoms with E-state index in [0.717, 1.165) is 6.92 Å². The molecule has 0 radical (unpaired) electrons. The molecule has 10 heteroatoms. The molecule has 114 valence electrons. The molecule has 0 aromatic rings. The van der Waals surface area contributed by atoms with Crippen molar-refractivity contribution in [3.8, 4) is 0 Å². The van der Waals surface area contributed by atoms with E-state index in [1.807, 2.05) is 13.8 Å². The van der Waals surface area contributed by atoms with Crippen LogP contribution in [0.25, 0.3) is 0 Å². The van der Waals surface area contributed by atoms with Crippen LogP contribution >= 0.6 is 0 Å². The Morgan fingerprint density at radius 2 is 0.870 bits per heavy atom. The van der Waals surface area contributed by atoms with Crippen molar-refractivity contribution in [1.82, 2.24) is 0 Å². The summed E-state index contributed by atoms with van der Waals surface area (Å²) in [5.74, 6) is -10.6. The maximum absolute atomic E-state index is 11.3. The number of hydrogen-bond donors (Lipinski definition) is 0. The van der Waals surface area contributed by atoms with E-state index in [4.69, 9.17) is 0 Å². The Balaban J connectivity index is -0.000000347. The molecule has 0 aliphatic heterocycles. The van der Waals surface area contributed by atoms with E-state index in [1.165, 1.54) is 0 Å². The molecule has 1 aliphatic carbocycles. The molecule has 23 heavy (non-hydrogen) atoms. The Morgan fingerprint density at radius 3 is 1.09 bits per heavy atom. The smallest absolute Gasteiger partial charge is 0.550 e. The fourth-order valence-corrected chi connectivity index (χ4v) is 2.43. The summed E-state index contributed by atoms with van der Waals surface area (Å²) >= 11 is 0. The van der Waals surface area contributed by atoms with Crippen LogP contribution in [0.3, 0.4) is 0 Å². The number of ketones is 1. The first-order valence-electron chi connectivity index (χ1n) is 6.38. The summed E-state index contributed by atoms with van der Waals surface area (Å²) in [7, 11) is 0. The van der Waals surface area contributed by atoms with Crippen LogP contribution in [-0.4, -0.2) is 23.7 Å². The fourth-order valence-electron chi connectivity index (χ4n) is 2.43. The number of aliphatic carboxylic acids is 3. The summed E-state index contributed by atoms with van der Waals surface area (Å²) < 4.78 is 0. The van der Waals surface area contributed by atoms with Gasteiger partial charge in [-0.3, -0.25) is 4.79 Å². The van der Waals surface area contributed by atoms with E-state index in [0.29, 0.717) is 0 Å². The molecule has 4 atom stereocenters. The molecule has 0 heterocycles. The summed E-state index contributed by atoms with van der Waals surface area (Å²) in [6.07, 6.45) is -0.872. The van der Waals surface area contributed by atoms with Crippen molar-refractivity contribution in [2.75, 3.05) is 0 Å². The second-order valence-corrected chi connectivity index (χ2v) is 4.47. The molecule has 1 aliphatic rings.